The molecule has 5 heteroatoms. The summed E-state index contributed by atoms with van der Waals surface area (Å²) in [5.41, 5.74) is 3.34. The van der Waals surface area contributed by atoms with Crippen molar-refractivity contribution in [3.63, 3.8) is 0 Å². The molecule has 2 heterocycles. The van der Waals surface area contributed by atoms with Crippen molar-refractivity contribution in [1.82, 2.24) is 10.2 Å². The molecule has 1 amide bonds. The lowest BCUT2D eigenvalue weighted by Crippen LogP contribution is -2.35. The molecule has 2 fully saturated rings. The first-order valence-corrected chi connectivity index (χ1v) is 9.61. The zero-order valence-electron chi connectivity index (χ0n) is 15.4. The summed E-state index contributed by atoms with van der Waals surface area (Å²) in [4.78, 5) is 14.8. The molecule has 2 N–H and O–H groups in total. The zero-order chi connectivity index (χ0) is 17.5. The first-order chi connectivity index (χ1) is 12.2. The standard InChI is InChI=1S/C20H31N3O2/c1-16-2-3-18(15-23-10-12-25-13-11-23)14-19(16)22-20(24)5-4-17-6-8-21-9-7-17/h2-3,14,17,21H,4-13,15H2,1H3,(H,22,24). The number of rotatable bonds is 6. The number of carbonyl (C=O) groups is 1. The number of anilines is 1. The second-order valence-electron chi connectivity index (χ2n) is 7.32. The van der Waals surface area contributed by atoms with Gasteiger partial charge in [-0.05, 0) is 62.4 Å². The molecule has 3 rings (SSSR count). The van der Waals surface area contributed by atoms with E-state index in [1.807, 2.05) is 0 Å². The van der Waals surface area contributed by atoms with E-state index in [0.29, 0.717) is 12.3 Å². The van der Waals surface area contributed by atoms with E-state index < -0.39 is 0 Å². The SMILES string of the molecule is Cc1ccc(CN2CCOCC2)cc1NC(=O)CCC1CCNCC1. The first-order valence-electron chi connectivity index (χ1n) is 9.61. The fraction of sp³-hybridized carbons (Fsp3) is 0.650. The van der Waals surface area contributed by atoms with Crippen LogP contribution in [0.2, 0.25) is 0 Å². The van der Waals surface area contributed by atoms with E-state index in [1.54, 1.807) is 0 Å². The van der Waals surface area contributed by atoms with Crippen LogP contribution in [0.5, 0.6) is 0 Å². The molecule has 5 nitrogen and oxygen atoms in total. The van der Waals surface area contributed by atoms with Crippen LogP contribution in [0.1, 0.15) is 36.8 Å². The second-order valence-corrected chi connectivity index (χ2v) is 7.32. The normalized spacial score (nSPS) is 19.7. The predicted octanol–water partition coefficient (Wildman–Crippen LogP) is 2.55. The molecule has 0 spiro atoms. The Kier molecular flexibility index (Phi) is 6.84. The van der Waals surface area contributed by atoms with Crippen LogP contribution in [-0.2, 0) is 16.1 Å². The van der Waals surface area contributed by atoms with Gasteiger partial charge in [-0.1, -0.05) is 12.1 Å². The molecule has 0 radical (unpaired) electrons. The van der Waals surface area contributed by atoms with Crippen LogP contribution >= 0.6 is 0 Å². The van der Waals surface area contributed by atoms with Crippen molar-refractivity contribution in [2.24, 2.45) is 5.92 Å². The Labute approximate surface area is 151 Å². The highest BCUT2D eigenvalue weighted by atomic mass is 16.5. The second kappa shape index (κ2) is 9.32. The van der Waals surface area contributed by atoms with Crippen molar-refractivity contribution >= 4 is 11.6 Å². The molecular formula is C20H31N3O2. The number of piperidine rings is 1. The maximum atomic E-state index is 12.4. The Morgan fingerprint density at radius 2 is 2.04 bits per heavy atom. The highest BCUT2D eigenvalue weighted by molar-refractivity contribution is 5.91. The van der Waals surface area contributed by atoms with Crippen molar-refractivity contribution in [2.75, 3.05) is 44.7 Å². The Bertz CT molecular complexity index is 564. The number of nitrogens with one attached hydrogen (secondary N) is 2. The topological polar surface area (TPSA) is 53.6 Å². The molecule has 1 aromatic rings. The number of hydrogen-bond acceptors (Lipinski definition) is 4. The van der Waals surface area contributed by atoms with Crippen LogP contribution in [0, 0.1) is 12.8 Å². The lowest BCUT2D eigenvalue weighted by molar-refractivity contribution is -0.116. The summed E-state index contributed by atoms with van der Waals surface area (Å²) in [6.07, 6.45) is 4.01. The molecule has 25 heavy (non-hydrogen) atoms. The summed E-state index contributed by atoms with van der Waals surface area (Å²) in [6, 6.07) is 6.40. The summed E-state index contributed by atoms with van der Waals surface area (Å²) in [7, 11) is 0. The largest absolute Gasteiger partial charge is 0.379 e. The highest BCUT2D eigenvalue weighted by Gasteiger charge is 2.15. The van der Waals surface area contributed by atoms with Crippen molar-refractivity contribution in [1.29, 1.82) is 0 Å². The molecular weight excluding hydrogens is 314 g/mol. The predicted molar refractivity (Wildman–Crippen MR) is 101 cm³/mol. The van der Waals surface area contributed by atoms with E-state index in [-0.39, 0.29) is 5.91 Å². The molecule has 0 aliphatic carbocycles. The number of hydrogen-bond donors (Lipinski definition) is 2. The van der Waals surface area contributed by atoms with Gasteiger partial charge in [-0.15, -0.1) is 0 Å². The minimum Gasteiger partial charge on any atom is -0.379 e. The summed E-state index contributed by atoms with van der Waals surface area (Å²) < 4.78 is 5.41. The number of benzene rings is 1. The zero-order valence-corrected chi connectivity index (χ0v) is 15.4. The maximum absolute atomic E-state index is 12.4. The summed E-state index contributed by atoms with van der Waals surface area (Å²) in [5.74, 6) is 0.839. The Balaban J connectivity index is 1.51. The number of morpholine rings is 1. The smallest absolute Gasteiger partial charge is 0.224 e. The summed E-state index contributed by atoms with van der Waals surface area (Å²) >= 11 is 0. The van der Waals surface area contributed by atoms with Crippen molar-refractivity contribution in [2.45, 2.75) is 39.2 Å². The molecule has 138 valence electrons. The van der Waals surface area contributed by atoms with Crippen molar-refractivity contribution < 1.29 is 9.53 Å². The number of aryl methyl sites for hydroxylation is 1. The molecule has 1 aromatic carbocycles. The lowest BCUT2D eigenvalue weighted by Gasteiger charge is -2.26. The quantitative estimate of drug-likeness (QED) is 0.832. The molecule has 0 atom stereocenters. The van der Waals surface area contributed by atoms with Crippen LogP contribution in [-0.4, -0.2) is 50.2 Å². The average molecular weight is 345 g/mol. The maximum Gasteiger partial charge on any atom is 0.224 e. The van der Waals surface area contributed by atoms with Gasteiger partial charge < -0.3 is 15.4 Å². The monoisotopic (exact) mass is 345 g/mol. The van der Waals surface area contributed by atoms with Crippen LogP contribution in [0.25, 0.3) is 0 Å². The van der Waals surface area contributed by atoms with Gasteiger partial charge in [0.05, 0.1) is 13.2 Å². The number of nitrogens with zero attached hydrogens (tertiary/aromatic N) is 1. The highest BCUT2D eigenvalue weighted by Crippen LogP contribution is 2.21. The third kappa shape index (κ3) is 5.80. The van der Waals surface area contributed by atoms with E-state index in [9.17, 15) is 4.79 Å². The Hall–Kier alpha value is -1.43. The van der Waals surface area contributed by atoms with Crippen LogP contribution in [0.3, 0.4) is 0 Å². The molecule has 0 saturated carbocycles. The van der Waals surface area contributed by atoms with Gasteiger partial charge in [0.1, 0.15) is 0 Å². The van der Waals surface area contributed by atoms with Gasteiger partial charge in [0, 0.05) is 31.7 Å². The van der Waals surface area contributed by atoms with Gasteiger partial charge >= 0.3 is 0 Å². The minimum absolute atomic E-state index is 0.144. The molecule has 2 saturated heterocycles. The minimum atomic E-state index is 0.144. The van der Waals surface area contributed by atoms with E-state index in [4.69, 9.17) is 4.74 Å². The van der Waals surface area contributed by atoms with Crippen LogP contribution in [0.15, 0.2) is 18.2 Å². The van der Waals surface area contributed by atoms with Crippen molar-refractivity contribution in [3.8, 4) is 0 Å². The third-order valence-electron chi connectivity index (χ3n) is 5.32. The van der Waals surface area contributed by atoms with Gasteiger partial charge in [0.15, 0.2) is 0 Å². The Morgan fingerprint density at radius 1 is 1.28 bits per heavy atom. The van der Waals surface area contributed by atoms with E-state index in [1.165, 1.54) is 18.4 Å². The number of ether oxygens (including phenoxy) is 1. The van der Waals surface area contributed by atoms with Gasteiger partial charge in [-0.3, -0.25) is 9.69 Å². The summed E-state index contributed by atoms with van der Waals surface area (Å²) in [6.45, 7) is 8.74. The number of carbonyl (C=O) groups excluding carboxylic acids is 1. The van der Waals surface area contributed by atoms with Crippen molar-refractivity contribution in [3.05, 3.63) is 29.3 Å². The van der Waals surface area contributed by atoms with E-state index in [2.05, 4.69) is 40.7 Å². The van der Waals surface area contributed by atoms with Crippen LogP contribution in [0.4, 0.5) is 5.69 Å². The molecule has 2 aliphatic heterocycles. The van der Waals surface area contributed by atoms with E-state index in [0.717, 1.165) is 63.6 Å². The molecule has 0 bridgehead atoms. The van der Waals surface area contributed by atoms with Gasteiger partial charge in [-0.2, -0.15) is 0 Å². The van der Waals surface area contributed by atoms with Crippen LogP contribution < -0.4 is 10.6 Å². The molecule has 2 aliphatic rings. The first kappa shape index (κ1) is 18.4. The Morgan fingerprint density at radius 3 is 2.80 bits per heavy atom. The van der Waals surface area contributed by atoms with Gasteiger partial charge in [-0.25, -0.2) is 0 Å². The lowest BCUT2D eigenvalue weighted by atomic mass is 9.93. The molecule has 0 unspecified atom stereocenters. The fourth-order valence-corrected chi connectivity index (χ4v) is 3.64. The average Bonchev–Trinajstić information content (AvgIpc) is 2.64. The number of amides is 1. The fourth-order valence-electron chi connectivity index (χ4n) is 3.64. The van der Waals surface area contributed by atoms with Gasteiger partial charge in [0.2, 0.25) is 5.91 Å². The van der Waals surface area contributed by atoms with Gasteiger partial charge in [0.25, 0.3) is 0 Å². The third-order valence-corrected chi connectivity index (χ3v) is 5.32. The van der Waals surface area contributed by atoms with E-state index >= 15 is 0 Å². The summed E-state index contributed by atoms with van der Waals surface area (Å²) in [5, 5.41) is 6.51. The molecule has 0 aromatic heterocycles.